The molecule has 1 aromatic heterocycles. The number of para-hydroxylation sites is 1. The summed E-state index contributed by atoms with van der Waals surface area (Å²) in [6.07, 6.45) is 1.31. The molecule has 0 atom stereocenters. The molecule has 0 aliphatic heterocycles. The lowest BCUT2D eigenvalue weighted by molar-refractivity contribution is 0.0767. The Bertz CT molecular complexity index is 741. The fraction of sp³-hybridized carbons (Fsp3) is 0.235. The number of hydrogen-bond acceptors (Lipinski definition) is 3. The molecule has 7 heteroatoms. The van der Waals surface area contributed by atoms with E-state index in [0.29, 0.717) is 13.1 Å². The van der Waals surface area contributed by atoms with Crippen molar-refractivity contribution in [1.82, 2.24) is 9.88 Å². The maximum atomic E-state index is 13.6. The number of pyridine rings is 1. The minimum Gasteiger partial charge on any atom is -0.338 e. The van der Waals surface area contributed by atoms with Gasteiger partial charge in [-0.2, -0.15) is 0 Å². The van der Waals surface area contributed by atoms with Gasteiger partial charge in [0.25, 0.3) is 11.8 Å². The molecular weight excluding hydrogens is 316 g/mol. The van der Waals surface area contributed by atoms with Crippen LogP contribution in [-0.4, -0.2) is 34.8 Å². The Labute approximate surface area is 138 Å². The first kappa shape index (κ1) is 17.5. The SMILES string of the molecule is CCN(CC)C(=O)c1cc(C(=O)Nc2c(F)cccc2F)ccn1. The molecule has 2 rings (SSSR count). The molecule has 2 amide bonds. The van der Waals surface area contributed by atoms with Crippen molar-refractivity contribution in [2.75, 3.05) is 18.4 Å². The lowest BCUT2D eigenvalue weighted by atomic mass is 10.2. The fourth-order valence-corrected chi connectivity index (χ4v) is 2.16. The normalized spacial score (nSPS) is 10.3. The fourth-order valence-electron chi connectivity index (χ4n) is 2.16. The summed E-state index contributed by atoms with van der Waals surface area (Å²) < 4.78 is 27.2. The van der Waals surface area contributed by atoms with Crippen molar-refractivity contribution in [3.63, 3.8) is 0 Å². The average Bonchev–Trinajstić information content (AvgIpc) is 2.59. The van der Waals surface area contributed by atoms with E-state index in [0.717, 1.165) is 12.1 Å². The number of halogens is 2. The van der Waals surface area contributed by atoms with Crippen LogP contribution in [0.1, 0.15) is 34.7 Å². The van der Waals surface area contributed by atoms with Gasteiger partial charge in [0.1, 0.15) is 23.0 Å². The maximum absolute atomic E-state index is 13.6. The summed E-state index contributed by atoms with van der Waals surface area (Å²) >= 11 is 0. The lowest BCUT2D eigenvalue weighted by Crippen LogP contribution is -2.31. The van der Waals surface area contributed by atoms with Gasteiger partial charge in [0.05, 0.1) is 0 Å². The van der Waals surface area contributed by atoms with Crippen molar-refractivity contribution < 1.29 is 18.4 Å². The third kappa shape index (κ3) is 3.73. The lowest BCUT2D eigenvalue weighted by Gasteiger charge is -2.18. The molecule has 0 fully saturated rings. The molecule has 1 heterocycles. The minimum atomic E-state index is -0.878. The highest BCUT2D eigenvalue weighted by atomic mass is 19.1. The number of nitrogens with zero attached hydrogens (tertiary/aromatic N) is 2. The number of aromatic nitrogens is 1. The second kappa shape index (κ2) is 7.63. The van der Waals surface area contributed by atoms with E-state index < -0.39 is 23.2 Å². The summed E-state index contributed by atoms with van der Waals surface area (Å²) in [6, 6.07) is 5.95. The summed E-state index contributed by atoms with van der Waals surface area (Å²) in [5.41, 5.74) is -0.348. The highest BCUT2D eigenvalue weighted by molar-refractivity contribution is 6.05. The van der Waals surface area contributed by atoms with Gasteiger partial charge in [-0.1, -0.05) is 6.07 Å². The van der Waals surface area contributed by atoms with Crippen LogP contribution in [0.5, 0.6) is 0 Å². The van der Waals surface area contributed by atoms with Crippen LogP contribution in [0, 0.1) is 11.6 Å². The smallest absolute Gasteiger partial charge is 0.272 e. The van der Waals surface area contributed by atoms with Crippen molar-refractivity contribution in [2.45, 2.75) is 13.8 Å². The third-order valence-corrected chi connectivity index (χ3v) is 3.49. The zero-order valence-electron chi connectivity index (χ0n) is 13.3. The zero-order chi connectivity index (χ0) is 17.7. The molecule has 1 N–H and O–H groups in total. The van der Waals surface area contributed by atoms with Crippen LogP contribution in [0.2, 0.25) is 0 Å². The van der Waals surface area contributed by atoms with E-state index in [4.69, 9.17) is 0 Å². The van der Waals surface area contributed by atoms with E-state index in [2.05, 4.69) is 10.3 Å². The van der Waals surface area contributed by atoms with Crippen molar-refractivity contribution in [3.05, 3.63) is 59.4 Å². The van der Waals surface area contributed by atoms with Gasteiger partial charge in [0.15, 0.2) is 0 Å². The van der Waals surface area contributed by atoms with Gasteiger partial charge in [0, 0.05) is 24.8 Å². The monoisotopic (exact) mass is 333 g/mol. The summed E-state index contributed by atoms with van der Waals surface area (Å²) in [5.74, 6) is -2.80. The Morgan fingerprint density at radius 2 is 1.75 bits per heavy atom. The highest BCUT2D eigenvalue weighted by Gasteiger charge is 2.18. The van der Waals surface area contributed by atoms with E-state index in [1.165, 1.54) is 24.4 Å². The Kier molecular flexibility index (Phi) is 5.57. The van der Waals surface area contributed by atoms with Crippen molar-refractivity contribution in [2.24, 2.45) is 0 Å². The summed E-state index contributed by atoms with van der Waals surface area (Å²) in [5, 5.41) is 2.18. The van der Waals surface area contributed by atoms with E-state index >= 15 is 0 Å². The molecule has 0 saturated carbocycles. The van der Waals surface area contributed by atoms with Crippen molar-refractivity contribution >= 4 is 17.5 Å². The van der Waals surface area contributed by atoms with E-state index in [1.807, 2.05) is 13.8 Å². The zero-order valence-corrected chi connectivity index (χ0v) is 13.3. The van der Waals surface area contributed by atoms with E-state index in [9.17, 15) is 18.4 Å². The number of carbonyl (C=O) groups excluding carboxylic acids is 2. The van der Waals surface area contributed by atoms with Crippen LogP contribution in [0.25, 0.3) is 0 Å². The summed E-state index contributed by atoms with van der Waals surface area (Å²) in [4.78, 5) is 30.0. The van der Waals surface area contributed by atoms with Gasteiger partial charge in [-0.05, 0) is 38.1 Å². The predicted octanol–water partition coefficient (Wildman–Crippen LogP) is 3.09. The second-order valence-corrected chi connectivity index (χ2v) is 4.96. The molecule has 2 aromatic rings. The van der Waals surface area contributed by atoms with Gasteiger partial charge in [0.2, 0.25) is 0 Å². The number of amides is 2. The number of benzene rings is 1. The largest absolute Gasteiger partial charge is 0.338 e. The van der Waals surface area contributed by atoms with Gasteiger partial charge in [-0.25, -0.2) is 8.78 Å². The molecule has 0 bridgehead atoms. The van der Waals surface area contributed by atoms with Gasteiger partial charge >= 0.3 is 0 Å². The molecular formula is C17H17F2N3O2. The van der Waals surface area contributed by atoms with Crippen molar-refractivity contribution in [3.8, 4) is 0 Å². The molecule has 0 radical (unpaired) electrons. The van der Waals surface area contributed by atoms with Crippen LogP contribution in [0.3, 0.4) is 0 Å². The van der Waals surface area contributed by atoms with Crippen LogP contribution in [-0.2, 0) is 0 Å². The van der Waals surface area contributed by atoms with Gasteiger partial charge in [-0.15, -0.1) is 0 Å². The molecule has 0 unspecified atom stereocenters. The third-order valence-electron chi connectivity index (χ3n) is 3.49. The predicted molar refractivity (Wildman–Crippen MR) is 85.8 cm³/mol. The number of anilines is 1. The summed E-state index contributed by atoms with van der Waals surface area (Å²) in [6.45, 7) is 4.68. The Morgan fingerprint density at radius 3 is 2.33 bits per heavy atom. The quantitative estimate of drug-likeness (QED) is 0.914. The first-order valence-corrected chi connectivity index (χ1v) is 7.48. The maximum Gasteiger partial charge on any atom is 0.272 e. The van der Waals surface area contributed by atoms with Crippen LogP contribution >= 0.6 is 0 Å². The Morgan fingerprint density at radius 1 is 1.12 bits per heavy atom. The van der Waals surface area contributed by atoms with Crippen LogP contribution in [0.15, 0.2) is 36.5 Å². The highest BCUT2D eigenvalue weighted by Crippen LogP contribution is 2.19. The minimum absolute atomic E-state index is 0.0863. The van der Waals surface area contributed by atoms with E-state index in [-0.39, 0.29) is 17.2 Å². The molecule has 0 aliphatic carbocycles. The first-order chi connectivity index (χ1) is 11.5. The Hall–Kier alpha value is -2.83. The topological polar surface area (TPSA) is 62.3 Å². The summed E-state index contributed by atoms with van der Waals surface area (Å²) in [7, 11) is 0. The van der Waals surface area contributed by atoms with E-state index in [1.54, 1.807) is 4.90 Å². The molecule has 0 aliphatic rings. The first-order valence-electron chi connectivity index (χ1n) is 7.48. The Balaban J connectivity index is 2.25. The van der Waals surface area contributed by atoms with Crippen LogP contribution < -0.4 is 5.32 Å². The van der Waals surface area contributed by atoms with Gasteiger partial charge < -0.3 is 10.2 Å². The molecule has 0 saturated heterocycles. The number of carbonyl (C=O) groups is 2. The standard InChI is InChI=1S/C17H17F2N3O2/c1-3-22(4-2)17(24)14-10-11(8-9-20-14)16(23)21-15-12(18)6-5-7-13(15)19/h5-10H,3-4H2,1-2H3,(H,21,23). The number of nitrogens with one attached hydrogen (secondary N) is 1. The van der Waals surface area contributed by atoms with Crippen molar-refractivity contribution in [1.29, 1.82) is 0 Å². The molecule has 1 aromatic carbocycles. The molecule has 0 spiro atoms. The molecule has 126 valence electrons. The molecule has 5 nitrogen and oxygen atoms in total. The van der Waals surface area contributed by atoms with Gasteiger partial charge in [-0.3, -0.25) is 14.6 Å². The second-order valence-electron chi connectivity index (χ2n) is 4.96. The molecule has 24 heavy (non-hydrogen) atoms. The number of hydrogen-bond donors (Lipinski definition) is 1. The average molecular weight is 333 g/mol. The number of rotatable bonds is 5. The van der Waals surface area contributed by atoms with Crippen LogP contribution in [0.4, 0.5) is 14.5 Å².